The molecular weight excluding hydrogens is 374 g/mol. The molecule has 0 aromatic carbocycles. The summed E-state index contributed by atoms with van der Waals surface area (Å²) >= 11 is 0. The van der Waals surface area contributed by atoms with Gasteiger partial charge in [0.25, 0.3) is 5.56 Å². The van der Waals surface area contributed by atoms with Crippen LogP contribution in [0.15, 0.2) is 15.9 Å². The molecule has 0 radical (unpaired) electrons. The minimum atomic E-state index is -3.10. The number of hydrogen-bond donors (Lipinski definition) is 0. The number of rotatable bonds is 4. The summed E-state index contributed by atoms with van der Waals surface area (Å²) in [6.45, 7) is -0.114. The van der Waals surface area contributed by atoms with Crippen molar-refractivity contribution < 1.29 is 13.2 Å². The maximum Gasteiger partial charge on any atom is 0.332 e. The molecule has 11 heteroatoms. The predicted molar refractivity (Wildman–Crippen MR) is 97.1 cm³/mol. The van der Waals surface area contributed by atoms with Crippen LogP contribution in [0.4, 0.5) is 0 Å². The maximum absolute atomic E-state index is 13.0. The van der Waals surface area contributed by atoms with Gasteiger partial charge in [0.2, 0.25) is 5.91 Å². The van der Waals surface area contributed by atoms with Crippen LogP contribution in [0, 0.1) is 0 Å². The number of carbonyl (C=O) groups excluding carboxylic acids is 1. The van der Waals surface area contributed by atoms with Crippen LogP contribution in [0.25, 0.3) is 11.2 Å². The second-order valence-corrected chi connectivity index (χ2v) is 9.57. The quantitative estimate of drug-likeness (QED) is 0.629. The molecule has 0 spiro atoms. The van der Waals surface area contributed by atoms with Gasteiger partial charge in [-0.1, -0.05) is 0 Å². The molecule has 1 saturated carbocycles. The molecule has 2 aliphatic rings. The fourth-order valence-electron chi connectivity index (χ4n) is 3.80. The van der Waals surface area contributed by atoms with Crippen LogP contribution in [-0.4, -0.2) is 61.5 Å². The van der Waals surface area contributed by atoms with E-state index in [1.165, 1.54) is 29.6 Å². The normalized spacial score (nSPS) is 21.6. The number of amides is 1. The van der Waals surface area contributed by atoms with Gasteiger partial charge < -0.3 is 9.47 Å². The average Bonchev–Trinajstić information content (AvgIpc) is 3.25. The molecule has 1 aliphatic carbocycles. The molecule has 1 saturated heterocycles. The Labute approximate surface area is 154 Å². The number of aromatic nitrogens is 4. The molecule has 10 nitrogen and oxygen atoms in total. The number of aryl methyl sites for hydroxylation is 1. The Morgan fingerprint density at radius 3 is 2.48 bits per heavy atom. The summed E-state index contributed by atoms with van der Waals surface area (Å²) in [4.78, 5) is 43.3. The van der Waals surface area contributed by atoms with E-state index in [0.29, 0.717) is 6.42 Å². The van der Waals surface area contributed by atoms with Gasteiger partial charge in [-0.2, -0.15) is 0 Å². The lowest BCUT2D eigenvalue weighted by Crippen LogP contribution is -2.44. The highest BCUT2D eigenvalue weighted by molar-refractivity contribution is 7.91. The largest absolute Gasteiger partial charge is 0.334 e. The standard InChI is InChI=1S/C16H21N5O5S/c1-18-14-13(15(23)19(2)16(18)24)20(9-17-14)7-12(22)21(10-3-4-10)11-5-6-27(25,26)8-11/h9-11H,3-8H2,1-2H3/t11-/m0/s1. The van der Waals surface area contributed by atoms with Crippen molar-refractivity contribution in [2.45, 2.75) is 37.9 Å². The molecule has 1 amide bonds. The smallest absolute Gasteiger partial charge is 0.332 e. The first-order valence-electron chi connectivity index (χ1n) is 8.82. The van der Waals surface area contributed by atoms with E-state index in [1.54, 1.807) is 4.90 Å². The summed E-state index contributed by atoms with van der Waals surface area (Å²) in [6, 6.07) is -0.241. The van der Waals surface area contributed by atoms with Crippen LogP contribution in [0.2, 0.25) is 0 Å². The molecule has 0 unspecified atom stereocenters. The Kier molecular flexibility index (Phi) is 4.02. The molecule has 1 aliphatic heterocycles. The minimum Gasteiger partial charge on any atom is -0.334 e. The van der Waals surface area contributed by atoms with Crippen molar-refractivity contribution in [3.05, 3.63) is 27.2 Å². The average molecular weight is 395 g/mol. The fourth-order valence-corrected chi connectivity index (χ4v) is 5.51. The van der Waals surface area contributed by atoms with E-state index in [1.807, 2.05) is 0 Å². The summed E-state index contributed by atoms with van der Waals surface area (Å²) in [5.74, 6) is -0.129. The Morgan fingerprint density at radius 1 is 1.19 bits per heavy atom. The van der Waals surface area contributed by atoms with Crippen molar-refractivity contribution >= 4 is 26.9 Å². The fraction of sp³-hybridized carbons (Fsp3) is 0.625. The predicted octanol–water partition coefficient (Wildman–Crippen LogP) is -1.39. The summed E-state index contributed by atoms with van der Waals surface area (Å²) in [5, 5.41) is 0. The van der Waals surface area contributed by atoms with E-state index in [4.69, 9.17) is 0 Å². The van der Waals surface area contributed by atoms with Gasteiger partial charge in [0.15, 0.2) is 21.0 Å². The number of imidazole rings is 1. The second-order valence-electron chi connectivity index (χ2n) is 7.34. The zero-order valence-corrected chi connectivity index (χ0v) is 16.0. The highest BCUT2D eigenvalue weighted by atomic mass is 32.2. The van der Waals surface area contributed by atoms with E-state index in [0.717, 1.165) is 17.4 Å². The highest BCUT2D eigenvalue weighted by Crippen LogP contribution is 2.32. The Hall–Kier alpha value is -2.43. The first-order chi connectivity index (χ1) is 12.7. The van der Waals surface area contributed by atoms with Crippen LogP contribution in [0.3, 0.4) is 0 Å². The third-order valence-corrected chi connectivity index (χ3v) is 7.10. The lowest BCUT2D eigenvalue weighted by Gasteiger charge is -2.28. The molecule has 2 fully saturated rings. The molecular formula is C16H21N5O5S. The van der Waals surface area contributed by atoms with E-state index < -0.39 is 21.1 Å². The van der Waals surface area contributed by atoms with Crippen LogP contribution in [0.5, 0.6) is 0 Å². The summed E-state index contributed by atoms with van der Waals surface area (Å²) in [7, 11) is -0.208. The number of hydrogen-bond acceptors (Lipinski definition) is 6. The van der Waals surface area contributed by atoms with Gasteiger partial charge in [0.05, 0.1) is 17.8 Å². The number of nitrogens with zero attached hydrogens (tertiary/aromatic N) is 5. The van der Waals surface area contributed by atoms with Crippen LogP contribution < -0.4 is 11.2 Å². The molecule has 2 aromatic rings. The highest BCUT2D eigenvalue weighted by Gasteiger charge is 2.42. The van der Waals surface area contributed by atoms with Gasteiger partial charge in [-0.05, 0) is 19.3 Å². The maximum atomic E-state index is 13.0. The molecule has 2 aromatic heterocycles. The van der Waals surface area contributed by atoms with Crippen molar-refractivity contribution in [1.82, 2.24) is 23.6 Å². The van der Waals surface area contributed by atoms with E-state index in [2.05, 4.69) is 4.98 Å². The first-order valence-corrected chi connectivity index (χ1v) is 10.6. The first kappa shape index (κ1) is 18.0. The monoisotopic (exact) mass is 395 g/mol. The van der Waals surface area contributed by atoms with Gasteiger partial charge >= 0.3 is 5.69 Å². The SMILES string of the molecule is Cn1c(=O)c2c(ncn2CC(=O)N(C2CC2)[C@H]2CCS(=O)(=O)C2)n(C)c1=O. The van der Waals surface area contributed by atoms with Gasteiger partial charge in [-0.25, -0.2) is 18.2 Å². The zero-order valence-electron chi connectivity index (χ0n) is 15.2. The molecule has 27 heavy (non-hydrogen) atoms. The lowest BCUT2D eigenvalue weighted by molar-refractivity contribution is -0.134. The van der Waals surface area contributed by atoms with Gasteiger partial charge in [0, 0.05) is 26.2 Å². The zero-order chi connectivity index (χ0) is 19.5. The molecule has 0 N–H and O–H groups in total. The van der Waals surface area contributed by atoms with Crippen LogP contribution in [0.1, 0.15) is 19.3 Å². The number of fused-ring (bicyclic) bond motifs is 1. The summed E-state index contributed by atoms with van der Waals surface area (Å²) < 4.78 is 27.3. The summed E-state index contributed by atoms with van der Waals surface area (Å²) in [5.41, 5.74) is -0.597. The third-order valence-electron chi connectivity index (χ3n) is 5.35. The Morgan fingerprint density at radius 2 is 1.89 bits per heavy atom. The van der Waals surface area contributed by atoms with Crippen molar-refractivity contribution in [3.8, 4) is 0 Å². The van der Waals surface area contributed by atoms with Gasteiger partial charge in [-0.15, -0.1) is 0 Å². The number of carbonyl (C=O) groups is 1. The van der Waals surface area contributed by atoms with Crippen LogP contribution in [-0.2, 0) is 35.3 Å². The van der Waals surface area contributed by atoms with Gasteiger partial charge in [0.1, 0.15) is 6.54 Å². The van der Waals surface area contributed by atoms with Crippen molar-refractivity contribution in [2.24, 2.45) is 14.1 Å². The molecule has 146 valence electrons. The molecule has 1 atom stereocenters. The van der Waals surface area contributed by atoms with Crippen LogP contribution >= 0.6 is 0 Å². The van der Waals surface area contributed by atoms with E-state index in [9.17, 15) is 22.8 Å². The third kappa shape index (κ3) is 2.99. The van der Waals surface area contributed by atoms with E-state index >= 15 is 0 Å². The molecule has 0 bridgehead atoms. The topological polar surface area (TPSA) is 116 Å². The minimum absolute atomic E-state index is 0.00379. The van der Waals surface area contributed by atoms with Crippen molar-refractivity contribution in [1.29, 1.82) is 0 Å². The second kappa shape index (κ2) is 6.04. The molecule has 4 rings (SSSR count). The van der Waals surface area contributed by atoms with Gasteiger partial charge in [-0.3, -0.25) is 18.7 Å². The van der Waals surface area contributed by atoms with E-state index in [-0.39, 0.29) is 47.2 Å². The Balaban J connectivity index is 1.68. The Bertz CT molecular complexity index is 1150. The van der Waals surface area contributed by atoms with Crippen molar-refractivity contribution in [2.75, 3.05) is 11.5 Å². The molecule has 3 heterocycles. The van der Waals surface area contributed by atoms with Crippen molar-refractivity contribution in [3.63, 3.8) is 0 Å². The number of sulfone groups is 1. The lowest BCUT2D eigenvalue weighted by atomic mass is 10.2. The summed E-state index contributed by atoms with van der Waals surface area (Å²) in [6.07, 6.45) is 3.55.